The molecule has 0 radical (unpaired) electrons. The van der Waals surface area contributed by atoms with Crippen LogP contribution in [0.1, 0.15) is 18.9 Å². The first kappa shape index (κ1) is 16.2. The Morgan fingerprint density at radius 1 is 1.04 bits per heavy atom. The van der Waals surface area contributed by atoms with Gasteiger partial charge in [-0.1, -0.05) is 0 Å². The van der Waals surface area contributed by atoms with Gasteiger partial charge in [-0.2, -0.15) is 0 Å². The lowest BCUT2D eigenvalue weighted by molar-refractivity contribution is -0.134. The highest BCUT2D eigenvalue weighted by Gasteiger charge is 2.23. The quantitative estimate of drug-likeness (QED) is 0.657. The summed E-state index contributed by atoms with van der Waals surface area (Å²) >= 11 is 0. The van der Waals surface area contributed by atoms with Crippen molar-refractivity contribution in [3.63, 3.8) is 0 Å². The van der Waals surface area contributed by atoms with Crippen LogP contribution in [-0.2, 0) is 4.79 Å². The van der Waals surface area contributed by atoms with E-state index in [1.807, 2.05) is 21.6 Å². The fraction of sp³-hybridized carbons (Fsp3) is 0.375. The predicted octanol–water partition coefficient (Wildman–Crippen LogP) is 0.496. The van der Waals surface area contributed by atoms with E-state index in [0.29, 0.717) is 24.9 Å². The molecule has 26 heavy (non-hydrogen) atoms. The third kappa shape index (κ3) is 3.53. The Kier molecular flexibility index (Phi) is 4.54. The molecule has 10 heteroatoms. The molecule has 0 spiro atoms. The SMILES string of the molecule is O=C(COc1ccc(-n2cnnn2)cc1)N1CCC(n2cnnc2)CC1. The number of hydrogen-bond acceptors (Lipinski definition) is 7. The van der Waals surface area contributed by atoms with Crippen molar-refractivity contribution >= 4 is 5.91 Å². The average Bonchev–Trinajstić information content (AvgIpc) is 3.40. The molecular weight excluding hydrogens is 336 g/mol. The second kappa shape index (κ2) is 7.30. The van der Waals surface area contributed by atoms with Gasteiger partial charge in [-0.15, -0.1) is 15.3 Å². The summed E-state index contributed by atoms with van der Waals surface area (Å²) in [5.74, 6) is 0.631. The summed E-state index contributed by atoms with van der Waals surface area (Å²) in [5, 5.41) is 18.7. The summed E-state index contributed by atoms with van der Waals surface area (Å²) in [7, 11) is 0. The molecule has 10 nitrogen and oxygen atoms in total. The lowest BCUT2D eigenvalue weighted by atomic mass is 10.1. The van der Waals surface area contributed by atoms with Crippen molar-refractivity contribution in [2.75, 3.05) is 19.7 Å². The van der Waals surface area contributed by atoms with Gasteiger partial charge in [-0.3, -0.25) is 4.79 Å². The number of aromatic nitrogens is 7. The summed E-state index contributed by atoms with van der Waals surface area (Å²) in [5.41, 5.74) is 0.824. The molecular formula is C16H18N8O2. The largest absolute Gasteiger partial charge is 0.484 e. The van der Waals surface area contributed by atoms with Gasteiger partial charge in [0.15, 0.2) is 6.61 Å². The molecule has 1 saturated heterocycles. The van der Waals surface area contributed by atoms with Crippen molar-refractivity contribution < 1.29 is 9.53 Å². The van der Waals surface area contributed by atoms with Crippen molar-refractivity contribution in [2.24, 2.45) is 0 Å². The summed E-state index contributed by atoms with van der Waals surface area (Å²) in [4.78, 5) is 14.2. The minimum atomic E-state index is -0.00300. The Hall–Kier alpha value is -3.30. The zero-order chi connectivity index (χ0) is 17.8. The second-order valence-electron chi connectivity index (χ2n) is 6.06. The third-order valence-electron chi connectivity index (χ3n) is 4.49. The Bertz CT molecular complexity index is 824. The normalized spacial score (nSPS) is 15.2. The molecule has 1 fully saturated rings. The number of piperidine rings is 1. The Balaban J connectivity index is 1.26. The summed E-state index contributed by atoms with van der Waals surface area (Å²) in [6, 6.07) is 7.61. The minimum absolute atomic E-state index is 0.00300. The number of amides is 1. The number of tetrazole rings is 1. The number of carbonyl (C=O) groups is 1. The third-order valence-corrected chi connectivity index (χ3v) is 4.49. The molecule has 1 aliphatic rings. The molecule has 0 bridgehead atoms. The number of hydrogen-bond donors (Lipinski definition) is 0. The summed E-state index contributed by atoms with van der Waals surface area (Å²) in [6.07, 6.45) is 6.76. The fourth-order valence-corrected chi connectivity index (χ4v) is 3.02. The van der Waals surface area contributed by atoms with Crippen LogP contribution >= 0.6 is 0 Å². The zero-order valence-electron chi connectivity index (χ0n) is 14.0. The molecule has 1 aliphatic heterocycles. The van der Waals surface area contributed by atoms with Crippen LogP contribution in [0.5, 0.6) is 5.75 Å². The van der Waals surface area contributed by atoms with Gasteiger partial charge in [0.2, 0.25) is 0 Å². The van der Waals surface area contributed by atoms with Crippen molar-refractivity contribution in [1.29, 1.82) is 0 Å². The molecule has 1 amide bonds. The van der Waals surface area contributed by atoms with E-state index in [4.69, 9.17) is 4.74 Å². The van der Waals surface area contributed by atoms with Gasteiger partial charge in [0.1, 0.15) is 24.7 Å². The van der Waals surface area contributed by atoms with E-state index in [0.717, 1.165) is 18.5 Å². The van der Waals surface area contributed by atoms with Gasteiger partial charge in [0, 0.05) is 19.1 Å². The highest BCUT2D eigenvalue weighted by Crippen LogP contribution is 2.22. The Labute approximate surface area is 149 Å². The number of ether oxygens (including phenoxy) is 1. The standard InChI is InChI=1S/C16H18N8O2/c25-16(22-7-5-13(6-8-22)23-10-17-18-11-23)9-26-15-3-1-14(2-4-15)24-12-19-20-21-24/h1-4,10-13H,5-9H2. The fourth-order valence-electron chi connectivity index (χ4n) is 3.02. The number of benzene rings is 1. The van der Waals surface area contributed by atoms with Crippen molar-refractivity contribution in [2.45, 2.75) is 18.9 Å². The van der Waals surface area contributed by atoms with E-state index in [2.05, 4.69) is 25.7 Å². The average molecular weight is 354 g/mol. The Morgan fingerprint density at radius 2 is 1.77 bits per heavy atom. The number of likely N-dealkylation sites (tertiary alicyclic amines) is 1. The number of rotatable bonds is 5. The van der Waals surface area contributed by atoms with Gasteiger partial charge in [-0.25, -0.2) is 4.68 Å². The van der Waals surface area contributed by atoms with Crippen LogP contribution < -0.4 is 4.74 Å². The lowest BCUT2D eigenvalue weighted by Crippen LogP contribution is -2.41. The van der Waals surface area contributed by atoms with E-state index in [1.165, 1.54) is 6.33 Å². The first-order chi connectivity index (χ1) is 12.8. The van der Waals surface area contributed by atoms with E-state index < -0.39 is 0 Å². The van der Waals surface area contributed by atoms with Crippen molar-refractivity contribution in [3.05, 3.63) is 43.2 Å². The second-order valence-corrected chi connectivity index (χ2v) is 6.06. The zero-order valence-corrected chi connectivity index (χ0v) is 14.0. The van der Waals surface area contributed by atoms with Crippen LogP contribution in [0.3, 0.4) is 0 Å². The highest BCUT2D eigenvalue weighted by molar-refractivity contribution is 5.77. The van der Waals surface area contributed by atoms with E-state index in [9.17, 15) is 4.79 Å². The summed E-state index contributed by atoms with van der Waals surface area (Å²) < 4.78 is 9.17. The van der Waals surface area contributed by atoms with Gasteiger partial charge in [0.05, 0.1) is 5.69 Å². The van der Waals surface area contributed by atoms with E-state index in [-0.39, 0.29) is 12.5 Å². The first-order valence-electron chi connectivity index (χ1n) is 8.38. The van der Waals surface area contributed by atoms with Crippen LogP contribution in [0.15, 0.2) is 43.2 Å². The summed E-state index contributed by atoms with van der Waals surface area (Å²) in [6.45, 7) is 1.45. The molecule has 1 aromatic carbocycles. The predicted molar refractivity (Wildman–Crippen MR) is 89.5 cm³/mol. The van der Waals surface area contributed by atoms with Crippen LogP contribution in [0, 0.1) is 0 Å². The molecule has 0 N–H and O–H groups in total. The monoisotopic (exact) mass is 354 g/mol. The maximum absolute atomic E-state index is 12.4. The van der Waals surface area contributed by atoms with Gasteiger partial charge < -0.3 is 14.2 Å². The number of carbonyl (C=O) groups excluding carboxylic acids is 1. The molecule has 0 unspecified atom stereocenters. The van der Waals surface area contributed by atoms with Crippen molar-refractivity contribution in [3.8, 4) is 11.4 Å². The van der Waals surface area contributed by atoms with Crippen LogP contribution in [0.2, 0.25) is 0 Å². The molecule has 3 heterocycles. The molecule has 0 atom stereocenters. The first-order valence-corrected chi connectivity index (χ1v) is 8.38. The maximum atomic E-state index is 12.4. The van der Waals surface area contributed by atoms with E-state index >= 15 is 0 Å². The molecule has 3 aromatic rings. The molecule has 0 aliphatic carbocycles. The van der Waals surface area contributed by atoms with Crippen LogP contribution in [-0.4, -0.2) is 65.5 Å². The van der Waals surface area contributed by atoms with Gasteiger partial charge in [0.25, 0.3) is 5.91 Å². The molecule has 2 aromatic heterocycles. The maximum Gasteiger partial charge on any atom is 0.260 e. The minimum Gasteiger partial charge on any atom is -0.484 e. The molecule has 4 rings (SSSR count). The number of nitrogens with zero attached hydrogens (tertiary/aromatic N) is 8. The highest BCUT2D eigenvalue weighted by atomic mass is 16.5. The smallest absolute Gasteiger partial charge is 0.260 e. The Morgan fingerprint density at radius 3 is 2.42 bits per heavy atom. The van der Waals surface area contributed by atoms with Gasteiger partial charge in [-0.05, 0) is 47.5 Å². The van der Waals surface area contributed by atoms with Crippen LogP contribution in [0.25, 0.3) is 5.69 Å². The molecule has 0 saturated carbocycles. The van der Waals surface area contributed by atoms with E-state index in [1.54, 1.807) is 29.5 Å². The van der Waals surface area contributed by atoms with Crippen LogP contribution in [0.4, 0.5) is 0 Å². The van der Waals surface area contributed by atoms with Gasteiger partial charge >= 0.3 is 0 Å². The van der Waals surface area contributed by atoms with Crippen molar-refractivity contribution in [1.82, 2.24) is 39.9 Å². The topological polar surface area (TPSA) is 104 Å². The molecule has 134 valence electrons. The lowest BCUT2D eigenvalue weighted by Gasteiger charge is -2.32.